The van der Waals surface area contributed by atoms with Crippen molar-refractivity contribution < 1.29 is 9.59 Å². The zero-order chi connectivity index (χ0) is 17.4. The second-order valence-electron chi connectivity index (χ2n) is 6.97. The minimum atomic E-state index is -0.386. The largest absolute Gasteiger partial charge is 0.340 e. The molecule has 0 spiro atoms. The number of fused-ring (bicyclic) bond motifs is 1. The standard InChI is InChI=1S/C19H22N4O2/c1-13-10-20-23(11-13)14-5-4-8-22(12-14)19(25)16-9-18(24)21-17-7-3-2-6-15(16)17/h2-3,6-7,10-11,14,16H,4-5,8-9,12H2,1H3,(H,21,24)/t14-,16+/m0/s1. The van der Waals surface area contributed by atoms with E-state index in [4.69, 9.17) is 0 Å². The van der Waals surface area contributed by atoms with Crippen LogP contribution in [0, 0.1) is 6.92 Å². The van der Waals surface area contributed by atoms with Gasteiger partial charge >= 0.3 is 0 Å². The number of rotatable bonds is 2. The van der Waals surface area contributed by atoms with Crippen molar-refractivity contribution >= 4 is 17.5 Å². The number of aromatic nitrogens is 2. The molecule has 1 aromatic carbocycles. The van der Waals surface area contributed by atoms with Gasteiger partial charge in [-0.2, -0.15) is 5.10 Å². The molecular weight excluding hydrogens is 316 g/mol. The highest BCUT2D eigenvalue weighted by Crippen LogP contribution is 2.34. The van der Waals surface area contributed by atoms with E-state index in [2.05, 4.69) is 10.4 Å². The van der Waals surface area contributed by atoms with Gasteiger partial charge in [-0.25, -0.2) is 0 Å². The monoisotopic (exact) mass is 338 g/mol. The number of likely N-dealkylation sites (tertiary alicyclic amines) is 1. The topological polar surface area (TPSA) is 67.2 Å². The zero-order valence-corrected chi connectivity index (χ0v) is 14.3. The maximum absolute atomic E-state index is 13.2. The van der Waals surface area contributed by atoms with Crippen molar-refractivity contribution in [3.05, 3.63) is 47.8 Å². The van der Waals surface area contributed by atoms with Crippen LogP contribution in [0.5, 0.6) is 0 Å². The first kappa shape index (κ1) is 15.9. The second kappa shape index (κ2) is 6.35. The number of hydrogen-bond donors (Lipinski definition) is 1. The lowest BCUT2D eigenvalue weighted by atomic mass is 9.88. The van der Waals surface area contributed by atoms with Gasteiger partial charge in [-0.3, -0.25) is 14.3 Å². The van der Waals surface area contributed by atoms with Crippen LogP contribution in [0.1, 0.15) is 42.3 Å². The van der Waals surface area contributed by atoms with Crippen molar-refractivity contribution in [2.24, 2.45) is 0 Å². The molecule has 3 heterocycles. The number of benzene rings is 1. The molecule has 2 aliphatic heterocycles. The summed E-state index contributed by atoms with van der Waals surface area (Å²) in [7, 11) is 0. The van der Waals surface area contributed by atoms with E-state index in [1.807, 2.05) is 53.2 Å². The first-order chi connectivity index (χ1) is 12.1. The summed E-state index contributed by atoms with van der Waals surface area (Å²) in [4.78, 5) is 27.1. The average molecular weight is 338 g/mol. The molecule has 0 bridgehead atoms. The Morgan fingerprint density at radius 2 is 2.16 bits per heavy atom. The third-order valence-electron chi connectivity index (χ3n) is 5.11. The van der Waals surface area contributed by atoms with Gasteiger partial charge in [0.2, 0.25) is 11.8 Å². The van der Waals surface area contributed by atoms with Crippen LogP contribution in [0.2, 0.25) is 0 Å². The zero-order valence-electron chi connectivity index (χ0n) is 14.3. The van der Waals surface area contributed by atoms with Crippen LogP contribution in [0.25, 0.3) is 0 Å². The number of hydrogen-bond acceptors (Lipinski definition) is 3. The number of piperidine rings is 1. The Morgan fingerprint density at radius 1 is 1.32 bits per heavy atom. The van der Waals surface area contributed by atoms with Gasteiger partial charge in [0, 0.05) is 31.4 Å². The highest BCUT2D eigenvalue weighted by molar-refractivity contribution is 6.01. The molecule has 0 aliphatic carbocycles. The van der Waals surface area contributed by atoms with E-state index in [1.165, 1.54) is 0 Å². The molecule has 1 N–H and O–H groups in total. The third-order valence-corrected chi connectivity index (χ3v) is 5.11. The Labute approximate surface area is 146 Å². The van der Waals surface area contributed by atoms with Crippen molar-refractivity contribution in [2.75, 3.05) is 18.4 Å². The normalized spacial score (nSPS) is 23.1. The molecular formula is C19H22N4O2. The Kier molecular flexibility index (Phi) is 4.03. The van der Waals surface area contributed by atoms with E-state index < -0.39 is 0 Å². The Bertz CT molecular complexity index is 813. The van der Waals surface area contributed by atoms with Crippen molar-refractivity contribution in [3.8, 4) is 0 Å². The predicted octanol–water partition coefficient (Wildman–Crippen LogP) is 2.48. The minimum Gasteiger partial charge on any atom is -0.340 e. The lowest BCUT2D eigenvalue weighted by Crippen LogP contribution is -2.44. The number of nitrogens with zero attached hydrogens (tertiary/aromatic N) is 3. The molecule has 2 aromatic rings. The van der Waals surface area contributed by atoms with Gasteiger partial charge in [0.1, 0.15) is 0 Å². The molecule has 130 valence electrons. The van der Waals surface area contributed by atoms with Gasteiger partial charge in [0.05, 0.1) is 18.2 Å². The second-order valence-corrected chi connectivity index (χ2v) is 6.97. The number of carbonyl (C=O) groups excluding carboxylic acids is 2. The van der Waals surface area contributed by atoms with Crippen molar-refractivity contribution in [2.45, 2.75) is 38.1 Å². The molecule has 0 saturated carbocycles. The van der Waals surface area contributed by atoms with Gasteiger partial charge in [-0.1, -0.05) is 18.2 Å². The van der Waals surface area contributed by atoms with E-state index in [0.29, 0.717) is 6.54 Å². The molecule has 2 amide bonds. The number of carbonyl (C=O) groups is 2. The summed E-state index contributed by atoms with van der Waals surface area (Å²) in [5, 5.41) is 7.27. The van der Waals surface area contributed by atoms with Crippen LogP contribution < -0.4 is 5.32 Å². The summed E-state index contributed by atoms with van der Waals surface area (Å²) in [5.74, 6) is -0.424. The molecule has 1 saturated heterocycles. The minimum absolute atomic E-state index is 0.0517. The van der Waals surface area contributed by atoms with E-state index in [-0.39, 0.29) is 30.2 Å². The fourth-order valence-corrected chi connectivity index (χ4v) is 3.86. The molecule has 0 unspecified atom stereocenters. The summed E-state index contributed by atoms with van der Waals surface area (Å²) >= 11 is 0. The Balaban J connectivity index is 1.55. The number of nitrogens with one attached hydrogen (secondary N) is 1. The molecule has 4 rings (SSSR count). The summed E-state index contributed by atoms with van der Waals surface area (Å²) < 4.78 is 1.97. The smallest absolute Gasteiger partial charge is 0.230 e. The first-order valence-corrected chi connectivity index (χ1v) is 8.80. The molecule has 1 fully saturated rings. The lowest BCUT2D eigenvalue weighted by molar-refractivity contribution is -0.136. The number of aryl methyl sites for hydroxylation is 1. The van der Waals surface area contributed by atoms with Gasteiger partial charge < -0.3 is 10.2 Å². The van der Waals surface area contributed by atoms with E-state index >= 15 is 0 Å². The van der Waals surface area contributed by atoms with Crippen LogP contribution in [0.15, 0.2) is 36.7 Å². The maximum atomic E-state index is 13.2. The molecule has 2 atom stereocenters. The van der Waals surface area contributed by atoms with Gasteiger partial charge in [0.25, 0.3) is 0 Å². The fraction of sp³-hybridized carbons (Fsp3) is 0.421. The number of para-hydroxylation sites is 1. The van der Waals surface area contributed by atoms with E-state index in [1.54, 1.807) is 0 Å². The summed E-state index contributed by atoms with van der Waals surface area (Å²) in [6, 6.07) is 7.80. The molecule has 0 radical (unpaired) electrons. The van der Waals surface area contributed by atoms with Crippen molar-refractivity contribution in [3.63, 3.8) is 0 Å². The van der Waals surface area contributed by atoms with Crippen molar-refractivity contribution in [1.82, 2.24) is 14.7 Å². The predicted molar refractivity (Wildman–Crippen MR) is 94.2 cm³/mol. The maximum Gasteiger partial charge on any atom is 0.230 e. The fourth-order valence-electron chi connectivity index (χ4n) is 3.86. The van der Waals surface area contributed by atoms with Crippen LogP contribution in [0.4, 0.5) is 5.69 Å². The van der Waals surface area contributed by atoms with Crippen LogP contribution in [0.3, 0.4) is 0 Å². The lowest BCUT2D eigenvalue weighted by Gasteiger charge is -2.36. The third kappa shape index (κ3) is 3.04. The highest BCUT2D eigenvalue weighted by atomic mass is 16.2. The summed E-state index contributed by atoms with van der Waals surface area (Å²) in [5.41, 5.74) is 2.80. The van der Waals surface area contributed by atoms with Gasteiger partial charge in [-0.15, -0.1) is 0 Å². The SMILES string of the molecule is Cc1cnn([C@H]2CCCN(C(=O)[C@@H]3CC(=O)Nc4ccccc43)C2)c1. The molecule has 6 heteroatoms. The van der Waals surface area contributed by atoms with Crippen LogP contribution in [-0.2, 0) is 9.59 Å². The average Bonchev–Trinajstić information content (AvgIpc) is 3.07. The Morgan fingerprint density at radius 3 is 2.96 bits per heavy atom. The number of anilines is 1. The first-order valence-electron chi connectivity index (χ1n) is 8.80. The van der Waals surface area contributed by atoms with Gasteiger partial charge in [-0.05, 0) is 37.0 Å². The summed E-state index contributed by atoms with van der Waals surface area (Å²) in [6.45, 7) is 3.42. The van der Waals surface area contributed by atoms with E-state index in [0.717, 1.165) is 36.2 Å². The highest BCUT2D eigenvalue weighted by Gasteiger charge is 2.35. The molecule has 6 nitrogen and oxygen atoms in total. The number of amides is 2. The van der Waals surface area contributed by atoms with Crippen LogP contribution in [-0.4, -0.2) is 39.6 Å². The summed E-state index contributed by atoms with van der Waals surface area (Å²) in [6.07, 6.45) is 6.07. The van der Waals surface area contributed by atoms with Crippen molar-refractivity contribution in [1.29, 1.82) is 0 Å². The molecule has 2 aliphatic rings. The van der Waals surface area contributed by atoms with Crippen LogP contribution >= 0.6 is 0 Å². The van der Waals surface area contributed by atoms with E-state index in [9.17, 15) is 9.59 Å². The molecule has 25 heavy (non-hydrogen) atoms. The quantitative estimate of drug-likeness (QED) is 0.915. The van der Waals surface area contributed by atoms with Gasteiger partial charge in [0.15, 0.2) is 0 Å². The Hall–Kier alpha value is -2.63. The molecule has 1 aromatic heterocycles.